The van der Waals surface area contributed by atoms with Gasteiger partial charge in [-0.05, 0) is 43.0 Å². The molecule has 3 rings (SSSR count). The first-order chi connectivity index (χ1) is 8.72. The van der Waals surface area contributed by atoms with Gasteiger partial charge < -0.3 is 4.98 Å². The van der Waals surface area contributed by atoms with E-state index in [1.807, 2.05) is 0 Å². The van der Waals surface area contributed by atoms with E-state index >= 15 is 0 Å². The van der Waals surface area contributed by atoms with Crippen LogP contribution in [0.5, 0.6) is 0 Å². The van der Waals surface area contributed by atoms with Crippen LogP contribution in [0.4, 0.5) is 0 Å². The van der Waals surface area contributed by atoms with Crippen molar-refractivity contribution in [3.63, 3.8) is 0 Å². The third-order valence-electron chi connectivity index (χ3n) is 4.35. The highest BCUT2D eigenvalue weighted by Gasteiger charge is 2.15. The van der Waals surface area contributed by atoms with Crippen molar-refractivity contribution in [1.29, 1.82) is 0 Å². The van der Waals surface area contributed by atoms with Crippen LogP contribution in [-0.4, -0.2) is 9.97 Å². The number of aromatic nitrogens is 2. The summed E-state index contributed by atoms with van der Waals surface area (Å²) in [6.45, 7) is 4.32. The van der Waals surface area contributed by atoms with E-state index in [0.717, 1.165) is 17.9 Å². The van der Waals surface area contributed by atoms with E-state index in [9.17, 15) is 0 Å². The number of nitrogens with zero attached hydrogens (tertiary/aromatic N) is 1. The van der Waals surface area contributed by atoms with E-state index in [4.69, 9.17) is 4.98 Å². The van der Waals surface area contributed by atoms with Crippen LogP contribution in [0.2, 0.25) is 0 Å². The third kappa shape index (κ3) is 2.29. The van der Waals surface area contributed by atoms with Crippen molar-refractivity contribution >= 4 is 11.0 Å². The van der Waals surface area contributed by atoms with Crippen molar-refractivity contribution in [3.8, 4) is 0 Å². The van der Waals surface area contributed by atoms with Crippen molar-refractivity contribution in [2.24, 2.45) is 5.92 Å². The lowest BCUT2D eigenvalue weighted by atomic mass is 9.87. The number of fused-ring (bicyclic) bond motifs is 1. The molecule has 1 fully saturated rings. The lowest BCUT2D eigenvalue weighted by Crippen LogP contribution is -2.10. The molecule has 1 aromatic heterocycles. The van der Waals surface area contributed by atoms with Crippen molar-refractivity contribution in [1.82, 2.24) is 9.97 Å². The zero-order chi connectivity index (χ0) is 12.5. The Kier molecular flexibility index (Phi) is 3.11. The molecule has 0 amide bonds. The number of aryl methyl sites for hydroxylation is 2. The predicted molar refractivity (Wildman–Crippen MR) is 75.8 cm³/mol. The Morgan fingerprint density at radius 2 is 1.83 bits per heavy atom. The Morgan fingerprint density at radius 1 is 1.11 bits per heavy atom. The average Bonchev–Trinajstić information content (AvgIpc) is 2.72. The summed E-state index contributed by atoms with van der Waals surface area (Å²) in [7, 11) is 0. The molecule has 0 radical (unpaired) electrons. The van der Waals surface area contributed by atoms with Crippen LogP contribution < -0.4 is 0 Å². The highest BCUT2D eigenvalue weighted by molar-refractivity contribution is 5.77. The fraction of sp³-hybridized carbons (Fsp3) is 0.562. The number of rotatable bonds is 2. The molecular weight excluding hydrogens is 220 g/mol. The second kappa shape index (κ2) is 4.75. The molecule has 1 aliphatic carbocycles. The summed E-state index contributed by atoms with van der Waals surface area (Å²) in [6, 6.07) is 4.42. The molecule has 1 aliphatic rings. The van der Waals surface area contributed by atoms with Crippen molar-refractivity contribution in [2.45, 2.75) is 52.4 Å². The molecule has 0 atom stereocenters. The maximum absolute atomic E-state index is 4.75. The number of aromatic amines is 1. The average molecular weight is 242 g/mol. The van der Waals surface area contributed by atoms with Crippen molar-refractivity contribution in [3.05, 3.63) is 29.1 Å². The monoisotopic (exact) mass is 242 g/mol. The van der Waals surface area contributed by atoms with E-state index in [1.165, 1.54) is 54.6 Å². The molecule has 2 aromatic rings. The fourth-order valence-electron chi connectivity index (χ4n) is 3.08. The van der Waals surface area contributed by atoms with Gasteiger partial charge in [0.05, 0.1) is 11.0 Å². The Hall–Kier alpha value is -1.31. The molecule has 18 heavy (non-hydrogen) atoms. The highest BCUT2D eigenvalue weighted by atomic mass is 14.9. The smallest absolute Gasteiger partial charge is 0.107 e. The third-order valence-corrected chi connectivity index (χ3v) is 4.35. The SMILES string of the molecule is Cc1cc2nc(CC3CCCCC3)[nH]c2cc1C. The molecule has 1 heterocycles. The highest BCUT2D eigenvalue weighted by Crippen LogP contribution is 2.27. The quantitative estimate of drug-likeness (QED) is 0.835. The fourth-order valence-corrected chi connectivity index (χ4v) is 3.08. The first-order valence-corrected chi connectivity index (χ1v) is 7.18. The first kappa shape index (κ1) is 11.8. The summed E-state index contributed by atoms with van der Waals surface area (Å²) in [6.07, 6.45) is 8.14. The van der Waals surface area contributed by atoms with Gasteiger partial charge in [-0.25, -0.2) is 4.98 Å². The van der Waals surface area contributed by atoms with E-state index < -0.39 is 0 Å². The Balaban J connectivity index is 1.84. The summed E-state index contributed by atoms with van der Waals surface area (Å²) in [5.74, 6) is 2.03. The molecule has 0 saturated heterocycles. The van der Waals surface area contributed by atoms with Gasteiger partial charge in [-0.3, -0.25) is 0 Å². The molecule has 0 unspecified atom stereocenters. The van der Waals surface area contributed by atoms with Gasteiger partial charge in [0.25, 0.3) is 0 Å². The van der Waals surface area contributed by atoms with Gasteiger partial charge in [0.1, 0.15) is 5.82 Å². The molecule has 1 N–H and O–H groups in total. The minimum atomic E-state index is 0.849. The van der Waals surface area contributed by atoms with Crippen molar-refractivity contribution < 1.29 is 0 Å². The molecule has 96 valence electrons. The summed E-state index contributed by atoms with van der Waals surface area (Å²) in [5, 5.41) is 0. The number of hydrogen-bond donors (Lipinski definition) is 1. The van der Waals surface area contributed by atoms with Gasteiger partial charge in [0.2, 0.25) is 0 Å². The molecule has 0 bridgehead atoms. The van der Waals surface area contributed by atoms with E-state index in [2.05, 4.69) is 31.0 Å². The van der Waals surface area contributed by atoms with Gasteiger partial charge in [-0.2, -0.15) is 0 Å². The van der Waals surface area contributed by atoms with E-state index in [1.54, 1.807) is 0 Å². The minimum absolute atomic E-state index is 0.849. The van der Waals surface area contributed by atoms with Gasteiger partial charge in [0.15, 0.2) is 0 Å². The predicted octanol–water partition coefficient (Wildman–Crippen LogP) is 4.30. The van der Waals surface area contributed by atoms with E-state index in [-0.39, 0.29) is 0 Å². The second-order valence-corrected chi connectivity index (χ2v) is 5.85. The maximum atomic E-state index is 4.75. The van der Waals surface area contributed by atoms with Crippen LogP contribution >= 0.6 is 0 Å². The summed E-state index contributed by atoms with van der Waals surface area (Å²) in [5.41, 5.74) is 5.00. The minimum Gasteiger partial charge on any atom is -0.342 e. The van der Waals surface area contributed by atoms with Gasteiger partial charge in [-0.15, -0.1) is 0 Å². The van der Waals surface area contributed by atoms with Crippen LogP contribution in [0.1, 0.15) is 49.1 Å². The summed E-state index contributed by atoms with van der Waals surface area (Å²) >= 11 is 0. The lowest BCUT2D eigenvalue weighted by Gasteiger charge is -2.20. The number of imidazole rings is 1. The first-order valence-electron chi connectivity index (χ1n) is 7.18. The molecule has 2 heteroatoms. The molecule has 2 nitrogen and oxygen atoms in total. The molecule has 0 aliphatic heterocycles. The van der Waals surface area contributed by atoms with Crippen molar-refractivity contribution in [2.75, 3.05) is 0 Å². The molecule has 0 spiro atoms. The number of hydrogen-bond acceptors (Lipinski definition) is 1. The Morgan fingerprint density at radius 3 is 2.61 bits per heavy atom. The number of benzene rings is 1. The lowest BCUT2D eigenvalue weighted by molar-refractivity contribution is 0.352. The standard InChI is InChI=1S/C16H22N2/c1-11-8-14-15(9-12(11)2)18-16(17-14)10-13-6-4-3-5-7-13/h8-9,13H,3-7,10H2,1-2H3,(H,17,18). The zero-order valence-electron chi connectivity index (χ0n) is 11.4. The Bertz CT molecular complexity index is 508. The topological polar surface area (TPSA) is 28.7 Å². The van der Waals surface area contributed by atoms with Gasteiger partial charge in [-0.1, -0.05) is 32.1 Å². The molecular formula is C16H22N2. The van der Waals surface area contributed by atoms with Gasteiger partial charge in [0, 0.05) is 6.42 Å². The van der Waals surface area contributed by atoms with Crippen LogP contribution in [0.25, 0.3) is 11.0 Å². The second-order valence-electron chi connectivity index (χ2n) is 5.85. The van der Waals surface area contributed by atoms with Crippen LogP contribution in [0.15, 0.2) is 12.1 Å². The summed E-state index contributed by atoms with van der Waals surface area (Å²) in [4.78, 5) is 8.25. The van der Waals surface area contributed by atoms with E-state index in [0.29, 0.717) is 0 Å². The number of nitrogens with one attached hydrogen (secondary N) is 1. The maximum Gasteiger partial charge on any atom is 0.107 e. The Labute approximate surface area is 109 Å². The number of H-pyrrole nitrogens is 1. The van der Waals surface area contributed by atoms with Crippen LogP contribution in [0, 0.1) is 19.8 Å². The zero-order valence-corrected chi connectivity index (χ0v) is 11.4. The van der Waals surface area contributed by atoms with Crippen LogP contribution in [0.3, 0.4) is 0 Å². The molecule has 1 saturated carbocycles. The largest absolute Gasteiger partial charge is 0.342 e. The summed E-state index contributed by atoms with van der Waals surface area (Å²) < 4.78 is 0. The van der Waals surface area contributed by atoms with Gasteiger partial charge >= 0.3 is 0 Å². The normalized spacial score (nSPS) is 17.4. The molecule has 1 aromatic carbocycles. The van der Waals surface area contributed by atoms with Crippen LogP contribution in [-0.2, 0) is 6.42 Å².